The lowest BCUT2D eigenvalue weighted by Gasteiger charge is -2.42. The van der Waals surface area contributed by atoms with Crippen LogP contribution in [0, 0.1) is 10.1 Å². The quantitative estimate of drug-likeness (QED) is 0.299. The van der Waals surface area contributed by atoms with Crippen LogP contribution in [0.4, 0.5) is 0 Å². The average molecular weight is 420 g/mol. The SMILES string of the molecule is CC(C)[Si](Oc1cccc(Br)c1)(C(C)C)C(C)C.CCO[N+](=O)[O-]. The molecule has 0 aliphatic rings. The highest BCUT2D eigenvalue weighted by Gasteiger charge is 2.46. The summed E-state index contributed by atoms with van der Waals surface area (Å²) in [5.74, 6) is 1.01. The van der Waals surface area contributed by atoms with E-state index in [1.54, 1.807) is 6.92 Å². The van der Waals surface area contributed by atoms with Gasteiger partial charge >= 0.3 is 0 Å². The molecule has 0 N–H and O–H groups in total. The molecule has 138 valence electrons. The van der Waals surface area contributed by atoms with E-state index in [1.807, 2.05) is 12.1 Å². The van der Waals surface area contributed by atoms with E-state index in [9.17, 15) is 10.1 Å². The topological polar surface area (TPSA) is 61.6 Å². The summed E-state index contributed by atoms with van der Waals surface area (Å²) in [5, 5.41) is 8.36. The molecule has 0 heterocycles. The molecule has 0 unspecified atom stereocenters. The number of benzene rings is 1. The molecule has 1 aromatic rings. The second-order valence-corrected chi connectivity index (χ2v) is 12.8. The van der Waals surface area contributed by atoms with E-state index in [0.717, 1.165) is 10.2 Å². The smallest absolute Gasteiger partial charge is 0.294 e. The fraction of sp³-hybridized carbons (Fsp3) is 0.647. The van der Waals surface area contributed by atoms with Gasteiger partial charge in [-0.2, -0.15) is 0 Å². The molecule has 0 aliphatic heterocycles. The first kappa shape index (κ1) is 22.9. The van der Waals surface area contributed by atoms with Gasteiger partial charge in [0.1, 0.15) is 5.75 Å². The van der Waals surface area contributed by atoms with Crippen LogP contribution in [-0.4, -0.2) is 20.0 Å². The van der Waals surface area contributed by atoms with Crippen molar-refractivity contribution in [3.05, 3.63) is 38.9 Å². The maximum absolute atomic E-state index is 9.18. The molecule has 0 saturated carbocycles. The lowest BCUT2D eigenvalue weighted by molar-refractivity contribution is -0.756. The van der Waals surface area contributed by atoms with Crippen molar-refractivity contribution in [2.24, 2.45) is 0 Å². The van der Waals surface area contributed by atoms with Crippen LogP contribution in [0.5, 0.6) is 5.75 Å². The zero-order valence-corrected chi connectivity index (χ0v) is 18.3. The fourth-order valence-electron chi connectivity index (χ4n) is 3.19. The number of hydrogen-bond acceptors (Lipinski definition) is 4. The summed E-state index contributed by atoms with van der Waals surface area (Å²) >= 11 is 3.52. The second-order valence-electron chi connectivity index (χ2n) is 6.52. The molecule has 7 heteroatoms. The predicted octanol–water partition coefficient (Wildman–Crippen LogP) is 6.22. The van der Waals surface area contributed by atoms with Crippen molar-refractivity contribution in [2.75, 3.05) is 6.61 Å². The molecule has 0 amide bonds. The normalized spacial score (nSPS) is 11.3. The first-order chi connectivity index (χ1) is 11.1. The van der Waals surface area contributed by atoms with Crippen LogP contribution < -0.4 is 4.43 Å². The molecule has 0 aromatic heterocycles. The Morgan fingerprint density at radius 1 is 1.12 bits per heavy atom. The molecule has 1 rings (SSSR count). The highest BCUT2D eigenvalue weighted by atomic mass is 79.9. The summed E-state index contributed by atoms with van der Waals surface area (Å²) in [6, 6.07) is 8.23. The van der Waals surface area contributed by atoms with Crippen molar-refractivity contribution >= 4 is 24.2 Å². The molecular weight excluding hydrogens is 390 g/mol. The van der Waals surface area contributed by atoms with Gasteiger partial charge in [0.05, 0.1) is 6.61 Å². The van der Waals surface area contributed by atoms with Gasteiger partial charge in [0.15, 0.2) is 0 Å². The van der Waals surface area contributed by atoms with Crippen molar-refractivity contribution in [3.63, 3.8) is 0 Å². The third kappa shape index (κ3) is 6.81. The molecule has 1 aromatic carbocycles. The maximum Gasteiger partial charge on any atom is 0.294 e. The zero-order chi connectivity index (χ0) is 18.9. The molecule has 0 bridgehead atoms. The fourth-order valence-corrected chi connectivity index (χ4v) is 8.81. The Bertz CT molecular complexity index is 487. The maximum atomic E-state index is 9.18. The first-order valence-corrected chi connectivity index (χ1v) is 11.2. The van der Waals surface area contributed by atoms with Crippen LogP contribution in [0.25, 0.3) is 0 Å². The lowest BCUT2D eigenvalue weighted by atomic mass is 10.3. The number of halogens is 1. The van der Waals surface area contributed by atoms with Crippen LogP contribution in [0.3, 0.4) is 0 Å². The van der Waals surface area contributed by atoms with Gasteiger partial charge in [-0.3, -0.25) is 0 Å². The second kappa shape index (κ2) is 10.7. The Labute approximate surface area is 155 Å². The van der Waals surface area contributed by atoms with Gasteiger partial charge in [-0.05, 0) is 41.7 Å². The van der Waals surface area contributed by atoms with Crippen molar-refractivity contribution in [1.29, 1.82) is 0 Å². The first-order valence-electron chi connectivity index (χ1n) is 8.29. The number of nitrogens with zero attached hydrogens (tertiary/aromatic N) is 1. The molecule has 0 radical (unpaired) electrons. The molecule has 0 spiro atoms. The summed E-state index contributed by atoms with van der Waals surface area (Å²) in [6.45, 7) is 15.5. The Kier molecular flexibility index (Phi) is 10.2. The van der Waals surface area contributed by atoms with E-state index >= 15 is 0 Å². The van der Waals surface area contributed by atoms with Crippen molar-refractivity contribution < 1.29 is 14.4 Å². The van der Waals surface area contributed by atoms with Gasteiger partial charge in [-0.25, -0.2) is 0 Å². The van der Waals surface area contributed by atoms with Crippen LogP contribution in [-0.2, 0) is 4.84 Å². The van der Waals surface area contributed by atoms with E-state index in [4.69, 9.17) is 4.43 Å². The van der Waals surface area contributed by atoms with Crippen LogP contribution in [0.2, 0.25) is 16.6 Å². The van der Waals surface area contributed by atoms with Gasteiger partial charge < -0.3 is 9.26 Å². The third-order valence-electron chi connectivity index (χ3n) is 4.03. The molecule has 0 fully saturated rings. The zero-order valence-electron chi connectivity index (χ0n) is 15.7. The van der Waals surface area contributed by atoms with Gasteiger partial charge in [0, 0.05) is 4.47 Å². The van der Waals surface area contributed by atoms with Gasteiger partial charge in [-0.15, -0.1) is 10.1 Å². The standard InChI is InChI=1S/C15H25BrOSi.C2H5NO3/c1-11(2)18(12(3)4,13(5)6)17-15-9-7-8-14(16)10-15;1-2-6-3(4)5/h7-13H,1-6H3;2H2,1H3. The molecule has 24 heavy (non-hydrogen) atoms. The minimum absolute atomic E-state index is 0.132. The molecule has 0 aliphatic carbocycles. The van der Waals surface area contributed by atoms with E-state index in [0.29, 0.717) is 16.6 Å². The minimum Gasteiger partial charge on any atom is -0.543 e. The number of hydrogen-bond donors (Lipinski definition) is 0. The summed E-state index contributed by atoms with van der Waals surface area (Å²) in [7, 11) is -1.81. The molecule has 5 nitrogen and oxygen atoms in total. The summed E-state index contributed by atoms with van der Waals surface area (Å²) < 4.78 is 7.66. The van der Waals surface area contributed by atoms with Gasteiger partial charge in [0.25, 0.3) is 13.4 Å². The van der Waals surface area contributed by atoms with Gasteiger partial charge in [-0.1, -0.05) is 63.5 Å². The Balaban J connectivity index is 0.000000754. The van der Waals surface area contributed by atoms with E-state index in [-0.39, 0.29) is 6.61 Å². The minimum atomic E-state index is -1.81. The molecular formula is C17H30BrNO4Si. The average Bonchev–Trinajstić information content (AvgIpc) is 2.44. The van der Waals surface area contributed by atoms with E-state index in [2.05, 4.69) is 74.4 Å². The predicted molar refractivity (Wildman–Crippen MR) is 104 cm³/mol. The monoisotopic (exact) mass is 419 g/mol. The Morgan fingerprint density at radius 2 is 1.62 bits per heavy atom. The van der Waals surface area contributed by atoms with Crippen LogP contribution in [0.15, 0.2) is 28.7 Å². The van der Waals surface area contributed by atoms with E-state index < -0.39 is 13.4 Å². The van der Waals surface area contributed by atoms with Crippen LogP contribution in [0.1, 0.15) is 48.5 Å². The molecule has 0 saturated heterocycles. The van der Waals surface area contributed by atoms with Crippen molar-refractivity contribution in [1.82, 2.24) is 0 Å². The summed E-state index contributed by atoms with van der Waals surface area (Å²) in [4.78, 5) is 12.9. The van der Waals surface area contributed by atoms with Crippen molar-refractivity contribution in [2.45, 2.75) is 65.1 Å². The summed E-state index contributed by atoms with van der Waals surface area (Å²) in [6.07, 6.45) is 0. The van der Waals surface area contributed by atoms with Crippen molar-refractivity contribution in [3.8, 4) is 5.75 Å². The Hall–Kier alpha value is -1.08. The Morgan fingerprint density at radius 3 is 1.92 bits per heavy atom. The van der Waals surface area contributed by atoms with Crippen LogP contribution >= 0.6 is 15.9 Å². The molecule has 0 atom stereocenters. The highest BCUT2D eigenvalue weighted by molar-refractivity contribution is 9.10. The summed E-state index contributed by atoms with van der Waals surface area (Å²) in [5.41, 5.74) is 1.82. The lowest BCUT2D eigenvalue weighted by Crippen LogP contribution is -2.50. The largest absolute Gasteiger partial charge is 0.543 e. The third-order valence-corrected chi connectivity index (χ3v) is 10.5. The number of rotatable bonds is 7. The highest BCUT2D eigenvalue weighted by Crippen LogP contribution is 2.42. The van der Waals surface area contributed by atoms with Gasteiger partial charge in [0.2, 0.25) is 0 Å². The van der Waals surface area contributed by atoms with E-state index in [1.165, 1.54) is 0 Å².